The minimum absolute atomic E-state index is 0.537. The first-order chi connectivity index (χ1) is 8.20. The molecule has 0 saturated carbocycles. The van der Waals surface area contributed by atoms with Crippen LogP contribution in [0.5, 0.6) is 0 Å². The van der Waals surface area contributed by atoms with Crippen molar-refractivity contribution in [3.05, 3.63) is 29.6 Å². The van der Waals surface area contributed by atoms with Crippen molar-refractivity contribution < 1.29 is 0 Å². The number of hydrogen-bond donors (Lipinski definition) is 1. The highest BCUT2D eigenvalue weighted by Crippen LogP contribution is 2.24. The lowest BCUT2D eigenvalue weighted by Crippen LogP contribution is -2.39. The lowest BCUT2D eigenvalue weighted by atomic mass is 9.93. The second kappa shape index (κ2) is 5.61. The van der Waals surface area contributed by atoms with Crippen LogP contribution in [0.3, 0.4) is 0 Å². The molecule has 3 nitrogen and oxygen atoms in total. The summed E-state index contributed by atoms with van der Waals surface area (Å²) in [5.74, 6) is 0.865. The molecule has 1 saturated heterocycles. The zero-order valence-corrected chi connectivity index (χ0v) is 10.9. The van der Waals surface area contributed by atoms with E-state index >= 15 is 0 Å². The van der Waals surface area contributed by atoms with Gasteiger partial charge >= 0.3 is 0 Å². The summed E-state index contributed by atoms with van der Waals surface area (Å²) in [5, 5.41) is 0. The first-order valence-electron chi connectivity index (χ1n) is 6.57. The van der Waals surface area contributed by atoms with Gasteiger partial charge in [-0.25, -0.2) is 0 Å². The summed E-state index contributed by atoms with van der Waals surface area (Å²) in [7, 11) is 0. The van der Waals surface area contributed by atoms with E-state index in [4.69, 9.17) is 5.73 Å². The van der Waals surface area contributed by atoms with Crippen LogP contribution in [0, 0.1) is 5.92 Å². The summed E-state index contributed by atoms with van der Waals surface area (Å²) in [6.45, 7) is 7.40. The molecule has 0 bridgehead atoms. The molecule has 0 spiro atoms. The van der Waals surface area contributed by atoms with E-state index < -0.39 is 0 Å². The summed E-state index contributed by atoms with van der Waals surface area (Å²) < 4.78 is 0. The molecule has 1 fully saturated rings. The summed E-state index contributed by atoms with van der Waals surface area (Å²) in [6, 6.07) is 4.83. The van der Waals surface area contributed by atoms with Crippen molar-refractivity contribution in [2.24, 2.45) is 11.7 Å². The normalized spacial score (nSPS) is 26.1. The molecule has 2 unspecified atom stereocenters. The molecule has 0 amide bonds. The first-order valence-corrected chi connectivity index (χ1v) is 6.57. The largest absolute Gasteiger partial charge is 0.325 e. The van der Waals surface area contributed by atoms with Crippen molar-refractivity contribution in [1.82, 2.24) is 9.88 Å². The third-order valence-corrected chi connectivity index (χ3v) is 3.83. The van der Waals surface area contributed by atoms with Gasteiger partial charge in [0.2, 0.25) is 0 Å². The van der Waals surface area contributed by atoms with Crippen LogP contribution < -0.4 is 5.73 Å². The molecule has 1 aliphatic rings. The second-order valence-corrected chi connectivity index (χ2v) is 5.26. The number of pyridine rings is 1. The summed E-state index contributed by atoms with van der Waals surface area (Å²) in [6.07, 6.45) is 4.44. The van der Waals surface area contributed by atoms with Gasteiger partial charge in [-0.05, 0) is 43.9 Å². The fourth-order valence-electron chi connectivity index (χ4n) is 2.71. The molecule has 2 N–H and O–H groups in total. The van der Waals surface area contributed by atoms with Crippen LogP contribution in [0.1, 0.15) is 37.9 Å². The average molecular weight is 233 g/mol. The Kier molecular flexibility index (Phi) is 4.13. The number of piperidine rings is 1. The maximum absolute atomic E-state index is 5.73. The fourth-order valence-corrected chi connectivity index (χ4v) is 2.71. The zero-order valence-electron chi connectivity index (χ0n) is 10.9. The van der Waals surface area contributed by atoms with E-state index in [1.807, 2.05) is 12.3 Å². The number of rotatable bonds is 3. The second-order valence-electron chi connectivity index (χ2n) is 5.26. The average Bonchev–Trinajstić information content (AvgIpc) is 2.33. The van der Waals surface area contributed by atoms with Gasteiger partial charge in [-0.1, -0.05) is 13.0 Å². The number of aromatic nitrogens is 1. The predicted molar refractivity (Wildman–Crippen MR) is 70.4 cm³/mol. The van der Waals surface area contributed by atoms with Crippen molar-refractivity contribution in [2.75, 3.05) is 6.54 Å². The molecule has 1 aromatic heterocycles. The zero-order chi connectivity index (χ0) is 12.3. The van der Waals surface area contributed by atoms with Gasteiger partial charge in [-0.3, -0.25) is 9.88 Å². The van der Waals surface area contributed by atoms with E-state index in [1.54, 1.807) is 0 Å². The number of nitrogens with zero attached hydrogens (tertiary/aromatic N) is 2. The van der Waals surface area contributed by atoms with Crippen LogP contribution in [0.15, 0.2) is 18.3 Å². The monoisotopic (exact) mass is 233 g/mol. The number of hydrogen-bond acceptors (Lipinski definition) is 3. The standard InChI is InChI=1S/C14H23N3/c1-11-5-7-17(12(2)8-11)10-13-4-3-6-16-14(13)9-15/h3-4,6,11-12H,5,7-10,15H2,1-2H3. The molecule has 94 valence electrons. The Labute approximate surface area is 104 Å². The van der Waals surface area contributed by atoms with Crippen LogP contribution in [-0.4, -0.2) is 22.5 Å². The van der Waals surface area contributed by atoms with Gasteiger partial charge in [0.25, 0.3) is 0 Å². The van der Waals surface area contributed by atoms with Gasteiger partial charge in [0.1, 0.15) is 0 Å². The van der Waals surface area contributed by atoms with Gasteiger partial charge in [0, 0.05) is 25.3 Å². The SMILES string of the molecule is CC1CCN(Cc2cccnc2CN)C(C)C1. The van der Waals surface area contributed by atoms with Crippen molar-refractivity contribution in [3.8, 4) is 0 Å². The van der Waals surface area contributed by atoms with Crippen LogP contribution >= 0.6 is 0 Å². The Morgan fingerprint density at radius 3 is 3.00 bits per heavy atom. The lowest BCUT2D eigenvalue weighted by molar-refractivity contribution is 0.121. The molecule has 3 heteroatoms. The predicted octanol–water partition coefficient (Wildman–Crippen LogP) is 2.16. The quantitative estimate of drug-likeness (QED) is 0.870. The van der Waals surface area contributed by atoms with E-state index in [1.165, 1.54) is 24.9 Å². The van der Waals surface area contributed by atoms with Gasteiger partial charge < -0.3 is 5.73 Å². The van der Waals surface area contributed by atoms with E-state index in [0.29, 0.717) is 12.6 Å². The molecule has 2 atom stereocenters. The van der Waals surface area contributed by atoms with E-state index in [0.717, 1.165) is 18.2 Å². The minimum atomic E-state index is 0.537. The third kappa shape index (κ3) is 3.05. The minimum Gasteiger partial charge on any atom is -0.325 e. The van der Waals surface area contributed by atoms with Crippen LogP contribution in [0.2, 0.25) is 0 Å². The molecule has 0 aliphatic carbocycles. The van der Waals surface area contributed by atoms with Gasteiger partial charge in [0.05, 0.1) is 5.69 Å². The highest BCUT2D eigenvalue weighted by Gasteiger charge is 2.23. The highest BCUT2D eigenvalue weighted by atomic mass is 15.2. The van der Waals surface area contributed by atoms with Gasteiger partial charge in [-0.15, -0.1) is 0 Å². The summed E-state index contributed by atoms with van der Waals surface area (Å²) >= 11 is 0. The Morgan fingerprint density at radius 2 is 2.29 bits per heavy atom. The van der Waals surface area contributed by atoms with E-state index in [-0.39, 0.29) is 0 Å². The molecule has 1 aromatic rings. The smallest absolute Gasteiger partial charge is 0.0584 e. The first kappa shape index (κ1) is 12.5. The van der Waals surface area contributed by atoms with Gasteiger partial charge in [0.15, 0.2) is 0 Å². The van der Waals surface area contributed by atoms with Crippen molar-refractivity contribution in [2.45, 2.75) is 45.8 Å². The lowest BCUT2D eigenvalue weighted by Gasteiger charge is -2.36. The molecule has 2 heterocycles. The Balaban J connectivity index is 2.05. The topological polar surface area (TPSA) is 42.2 Å². The van der Waals surface area contributed by atoms with Crippen LogP contribution in [0.25, 0.3) is 0 Å². The van der Waals surface area contributed by atoms with Crippen LogP contribution in [-0.2, 0) is 13.1 Å². The Morgan fingerprint density at radius 1 is 1.47 bits per heavy atom. The number of nitrogens with two attached hydrogens (primary N) is 1. The highest BCUT2D eigenvalue weighted by molar-refractivity contribution is 5.19. The summed E-state index contributed by atoms with van der Waals surface area (Å²) in [4.78, 5) is 6.90. The molecule has 2 rings (SSSR count). The maximum atomic E-state index is 5.73. The molecule has 1 aliphatic heterocycles. The van der Waals surface area contributed by atoms with Crippen molar-refractivity contribution >= 4 is 0 Å². The summed E-state index contributed by atoms with van der Waals surface area (Å²) in [5.41, 5.74) is 8.06. The molecule has 0 radical (unpaired) electrons. The number of likely N-dealkylation sites (tertiary alicyclic amines) is 1. The van der Waals surface area contributed by atoms with Crippen LogP contribution in [0.4, 0.5) is 0 Å². The molecular weight excluding hydrogens is 210 g/mol. The van der Waals surface area contributed by atoms with Crippen molar-refractivity contribution in [3.63, 3.8) is 0 Å². The van der Waals surface area contributed by atoms with E-state index in [9.17, 15) is 0 Å². The third-order valence-electron chi connectivity index (χ3n) is 3.83. The molecule has 0 aromatic carbocycles. The Bertz CT molecular complexity index is 364. The maximum Gasteiger partial charge on any atom is 0.0584 e. The Hall–Kier alpha value is -0.930. The van der Waals surface area contributed by atoms with E-state index in [2.05, 4.69) is 29.8 Å². The fraction of sp³-hybridized carbons (Fsp3) is 0.643. The van der Waals surface area contributed by atoms with Crippen molar-refractivity contribution in [1.29, 1.82) is 0 Å². The van der Waals surface area contributed by atoms with Gasteiger partial charge in [-0.2, -0.15) is 0 Å². The molecular formula is C14H23N3. The molecule has 17 heavy (non-hydrogen) atoms.